The molecule has 0 fully saturated rings. The number of halogens is 1. The first kappa shape index (κ1) is 19.3. The molecule has 0 aliphatic carbocycles. The van der Waals surface area contributed by atoms with Crippen LogP contribution in [-0.2, 0) is 6.61 Å². The van der Waals surface area contributed by atoms with Gasteiger partial charge in [0.25, 0.3) is 5.91 Å². The number of ether oxygens (including phenoxy) is 1. The number of benzene rings is 1. The van der Waals surface area contributed by atoms with Gasteiger partial charge in [0.2, 0.25) is 0 Å². The Balaban J connectivity index is 1.51. The van der Waals surface area contributed by atoms with Gasteiger partial charge >= 0.3 is 0 Å². The predicted molar refractivity (Wildman–Crippen MR) is 109 cm³/mol. The molecule has 1 amide bonds. The maximum atomic E-state index is 13.2. The molecule has 0 saturated carbocycles. The molecular formula is C22H18FN5O2. The molecule has 0 bridgehead atoms. The Hall–Kier alpha value is -4.07. The van der Waals surface area contributed by atoms with E-state index in [4.69, 9.17) is 4.74 Å². The number of nitrogens with zero attached hydrogens (tertiary/aromatic N) is 4. The number of rotatable bonds is 6. The Morgan fingerprint density at radius 3 is 2.63 bits per heavy atom. The van der Waals surface area contributed by atoms with Crippen LogP contribution in [0.3, 0.4) is 0 Å². The van der Waals surface area contributed by atoms with Crippen molar-refractivity contribution in [3.8, 4) is 11.4 Å². The van der Waals surface area contributed by atoms with Gasteiger partial charge in [0.15, 0.2) is 11.6 Å². The Kier molecular flexibility index (Phi) is 5.47. The van der Waals surface area contributed by atoms with Crippen molar-refractivity contribution in [3.05, 3.63) is 96.0 Å². The molecule has 1 N–H and O–H groups in total. The first-order valence-electron chi connectivity index (χ1n) is 9.20. The first-order valence-corrected chi connectivity index (χ1v) is 9.20. The van der Waals surface area contributed by atoms with Crippen LogP contribution in [0.5, 0.6) is 5.75 Å². The standard InChI is InChI=1S/C22H18FN5O2/c1-15-19(13-26-28(15)18-6-4-17(23)5-7-18)22(29)27-21-20(3-2-10-25-21)30-14-16-8-11-24-12-9-16/h2-13H,14H2,1H3,(H,25,27,29). The highest BCUT2D eigenvalue weighted by Crippen LogP contribution is 2.23. The third kappa shape index (κ3) is 4.17. The first-order chi connectivity index (χ1) is 14.6. The van der Waals surface area contributed by atoms with Crippen LogP contribution in [0.15, 0.2) is 73.3 Å². The lowest BCUT2D eigenvalue weighted by Gasteiger charge is -2.11. The number of anilines is 1. The highest BCUT2D eigenvalue weighted by atomic mass is 19.1. The highest BCUT2D eigenvalue weighted by Gasteiger charge is 2.17. The second kappa shape index (κ2) is 8.52. The van der Waals surface area contributed by atoms with Gasteiger partial charge < -0.3 is 10.1 Å². The van der Waals surface area contributed by atoms with E-state index in [2.05, 4.69) is 20.4 Å². The average Bonchev–Trinajstić information content (AvgIpc) is 3.16. The van der Waals surface area contributed by atoms with E-state index in [1.165, 1.54) is 18.3 Å². The number of carbonyl (C=O) groups excluding carboxylic acids is 1. The quantitative estimate of drug-likeness (QED) is 0.527. The molecule has 30 heavy (non-hydrogen) atoms. The molecule has 0 saturated heterocycles. The number of carbonyl (C=O) groups is 1. The summed E-state index contributed by atoms with van der Waals surface area (Å²) >= 11 is 0. The molecule has 7 nitrogen and oxygen atoms in total. The van der Waals surface area contributed by atoms with Crippen molar-refractivity contribution < 1.29 is 13.9 Å². The number of nitrogens with one attached hydrogen (secondary N) is 1. The predicted octanol–water partition coefficient (Wildman–Crippen LogP) is 3.94. The second-order valence-electron chi connectivity index (χ2n) is 6.48. The van der Waals surface area contributed by atoms with Crippen molar-refractivity contribution in [1.29, 1.82) is 0 Å². The van der Waals surface area contributed by atoms with Crippen LogP contribution in [0.2, 0.25) is 0 Å². The molecule has 1 aromatic carbocycles. The molecule has 0 radical (unpaired) electrons. The minimum Gasteiger partial charge on any atom is -0.485 e. The van der Waals surface area contributed by atoms with Gasteiger partial charge in [-0.3, -0.25) is 9.78 Å². The van der Waals surface area contributed by atoms with Gasteiger partial charge in [0, 0.05) is 18.6 Å². The van der Waals surface area contributed by atoms with E-state index in [0.29, 0.717) is 35.1 Å². The van der Waals surface area contributed by atoms with Crippen molar-refractivity contribution in [3.63, 3.8) is 0 Å². The number of pyridine rings is 2. The largest absolute Gasteiger partial charge is 0.485 e. The van der Waals surface area contributed by atoms with E-state index in [1.807, 2.05) is 12.1 Å². The van der Waals surface area contributed by atoms with Crippen molar-refractivity contribution in [2.75, 3.05) is 5.32 Å². The van der Waals surface area contributed by atoms with E-state index in [0.717, 1.165) is 5.56 Å². The summed E-state index contributed by atoms with van der Waals surface area (Å²) in [6.45, 7) is 2.09. The molecule has 0 spiro atoms. The Morgan fingerprint density at radius 2 is 1.87 bits per heavy atom. The lowest BCUT2D eigenvalue weighted by Crippen LogP contribution is -2.15. The Bertz CT molecular complexity index is 1160. The zero-order valence-corrected chi connectivity index (χ0v) is 16.1. The van der Waals surface area contributed by atoms with E-state index in [1.54, 1.807) is 54.5 Å². The monoisotopic (exact) mass is 403 g/mol. The van der Waals surface area contributed by atoms with E-state index < -0.39 is 0 Å². The number of aromatic nitrogens is 4. The van der Waals surface area contributed by atoms with Gasteiger partial charge in [-0.25, -0.2) is 14.1 Å². The normalized spacial score (nSPS) is 10.6. The van der Waals surface area contributed by atoms with Crippen LogP contribution in [0, 0.1) is 12.7 Å². The van der Waals surface area contributed by atoms with Crippen molar-refractivity contribution in [1.82, 2.24) is 19.7 Å². The number of hydrogen-bond donors (Lipinski definition) is 1. The van der Waals surface area contributed by atoms with Gasteiger partial charge in [-0.05, 0) is 61.0 Å². The smallest absolute Gasteiger partial charge is 0.260 e. The van der Waals surface area contributed by atoms with Crippen molar-refractivity contribution in [2.24, 2.45) is 0 Å². The van der Waals surface area contributed by atoms with Crippen LogP contribution in [0.25, 0.3) is 5.69 Å². The highest BCUT2D eigenvalue weighted by molar-refractivity contribution is 6.05. The van der Waals surface area contributed by atoms with Crippen LogP contribution >= 0.6 is 0 Å². The summed E-state index contributed by atoms with van der Waals surface area (Å²) in [6, 6.07) is 13.0. The second-order valence-corrected chi connectivity index (χ2v) is 6.48. The maximum absolute atomic E-state index is 13.2. The molecule has 4 rings (SSSR count). The molecule has 0 unspecified atom stereocenters. The lowest BCUT2D eigenvalue weighted by atomic mass is 10.2. The van der Waals surface area contributed by atoms with Crippen LogP contribution in [-0.4, -0.2) is 25.7 Å². The lowest BCUT2D eigenvalue weighted by molar-refractivity contribution is 0.102. The summed E-state index contributed by atoms with van der Waals surface area (Å²) in [4.78, 5) is 21.0. The summed E-state index contributed by atoms with van der Waals surface area (Å²) in [5.74, 6) is 0.0565. The summed E-state index contributed by atoms with van der Waals surface area (Å²) in [6.07, 6.45) is 6.41. The Labute approximate surface area is 172 Å². The third-order valence-corrected chi connectivity index (χ3v) is 4.47. The molecule has 0 atom stereocenters. The SMILES string of the molecule is Cc1c(C(=O)Nc2ncccc2OCc2ccncc2)cnn1-c1ccc(F)cc1. The van der Waals surface area contributed by atoms with Crippen LogP contribution < -0.4 is 10.1 Å². The summed E-state index contributed by atoms with van der Waals surface area (Å²) in [5.41, 5.74) is 2.61. The van der Waals surface area contributed by atoms with Crippen LogP contribution in [0.1, 0.15) is 21.6 Å². The zero-order valence-electron chi connectivity index (χ0n) is 16.1. The molecule has 150 valence electrons. The van der Waals surface area contributed by atoms with Gasteiger partial charge in [0.05, 0.1) is 23.1 Å². The minimum absolute atomic E-state index is 0.311. The topological polar surface area (TPSA) is 81.9 Å². The van der Waals surface area contributed by atoms with Gasteiger partial charge in [-0.1, -0.05) is 0 Å². The molecule has 3 heterocycles. The fourth-order valence-corrected chi connectivity index (χ4v) is 2.89. The van der Waals surface area contributed by atoms with Crippen molar-refractivity contribution in [2.45, 2.75) is 13.5 Å². The Morgan fingerprint density at radius 1 is 1.10 bits per heavy atom. The molecular weight excluding hydrogens is 385 g/mol. The van der Waals surface area contributed by atoms with E-state index >= 15 is 0 Å². The average molecular weight is 403 g/mol. The molecule has 4 aromatic rings. The van der Waals surface area contributed by atoms with E-state index in [9.17, 15) is 9.18 Å². The summed E-state index contributed by atoms with van der Waals surface area (Å²) in [7, 11) is 0. The fourth-order valence-electron chi connectivity index (χ4n) is 2.89. The summed E-state index contributed by atoms with van der Waals surface area (Å²) < 4.78 is 20.6. The number of hydrogen-bond acceptors (Lipinski definition) is 5. The third-order valence-electron chi connectivity index (χ3n) is 4.47. The molecule has 0 aliphatic heterocycles. The van der Waals surface area contributed by atoms with Crippen molar-refractivity contribution >= 4 is 11.7 Å². The maximum Gasteiger partial charge on any atom is 0.260 e. The van der Waals surface area contributed by atoms with Gasteiger partial charge in [-0.2, -0.15) is 5.10 Å². The van der Waals surface area contributed by atoms with E-state index in [-0.39, 0.29) is 11.7 Å². The molecule has 8 heteroatoms. The van der Waals surface area contributed by atoms with Gasteiger partial charge in [0.1, 0.15) is 12.4 Å². The summed E-state index contributed by atoms with van der Waals surface area (Å²) in [5, 5.41) is 7.03. The van der Waals surface area contributed by atoms with Crippen LogP contribution in [0.4, 0.5) is 10.2 Å². The van der Waals surface area contributed by atoms with Gasteiger partial charge in [-0.15, -0.1) is 0 Å². The minimum atomic E-state index is -0.367. The zero-order chi connectivity index (χ0) is 20.9. The molecule has 3 aromatic heterocycles. The molecule has 0 aliphatic rings. The number of amides is 1. The fraction of sp³-hybridized carbons (Fsp3) is 0.0909.